The fraction of sp³-hybridized carbons (Fsp3) is 0.533. The highest BCUT2D eigenvalue weighted by Gasteiger charge is 2.31. The van der Waals surface area contributed by atoms with E-state index >= 15 is 0 Å². The van der Waals surface area contributed by atoms with E-state index < -0.39 is 0 Å². The number of aromatic nitrogens is 1. The molecule has 2 aliphatic heterocycles. The van der Waals surface area contributed by atoms with Gasteiger partial charge in [-0.3, -0.25) is 0 Å². The molecule has 3 rings (SSSR count). The molecule has 0 aromatic carbocycles. The smallest absolute Gasteiger partial charge is 0.213 e. The van der Waals surface area contributed by atoms with Crippen LogP contribution in [0.4, 0.5) is 0 Å². The molecule has 0 N–H and O–H groups in total. The summed E-state index contributed by atoms with van der Waals surface area (Å²) in [6, 6.07) is 5.01. The van der Waals surface area contributed by atoms with E-state index in [4.69, 9.17) is 4.74 Å². The molecule has 18 heavy (non-hydrogen) atoms. The van der Waals surface area contributed by atoms with Crippen LogP contribution in [0.2, 0.25) is 0 Å². The average molecular weight is 245 g/mol. The predicted octanol–water partition coefficient (Wildman–Crippen LogP) is 2.12. The first-order chi connectivity index (χ1) is 8.78. The molecule has 96 valence electrons. The summed E-state index contributed by atoms with van der Waals surface area (Å²) in [4.78, 5) is 2.48. The molecule has 1 aromatic rings. The molecule has 0 radical (unpaired) electrons. The summed E-state index contributed by atoms with van der Waals surface area (Å²) in [7, 11) is 2.11. The van der Waals surface area contributed by atoms with Crippen LogP contribution in [0.15, 0.2) is 24.5 Å². The van der Waals surface area contributed by atoms with Crippen molar-refractivity contribution < 1.29 is 9.30 Å². The molecule has 1 atom stereocenters. The SMILES string of the molecule is CCOc1cc[n+](C)c(C2=CN3CCC3CC2)c1. The van der Waals surface area contributed by atoms with Crippen LogP contribution in [0.5, 0.6) is 5.75 Å². The van der Waals surface area contributed by atoms with Gasteiger partial charge in [0.05, 0.1) is 12.7 Å². The van der Waals surface area contributed by atoms with Gasteiger partial charge in [0, 0.05) is 30.4 Å². The van der Waals surface area contributed by atoms with Crippen molar-refractivity contribution in [3.8, 4) is 5.75 Å². The molecule has 0 bridgehead atoms. The predicted molar refractivity (Wildman–Crippen MR) is 71.1 cm³/mol. The minimum Gasteiger partial charge on any atom is -0.493 e. The van der Waals surface area contributed by atoms with E-state index in [9.17, 15) is 0 Å². The van der Waals surface area contributed by atoms with E-state index in [1.807, 2.05) is 13.0 Å². The van der Waals surface area contributed by atoms with Gasteiger partial charge in [-0.25, -0.2) is 4.57 Å². The number of hydrogen-bond donors (Lipinski definition) is 0. The molecule has 0 spiro atoms. The highest BCUT2D eigenvalue weighted by Crippen LogP contribution is 2.33. The zero-order valence-electron chi connectivity index (χ0n) is 11.2. The maximum Gasteiger partial charge on any atom is 0.213 e. The zero-order valence-corrected chi connectivity index (χ0v) is 11.2. The van der Waals surface area contributed by atoms with Gasteiger partial charge < -0.3 is 9.64 Å². The second-order valence-electron chi connectivity index (χ2n) is 5.16. The monoisotopic (exact) mass is 245 g/mol. The van der Waals surface area contributed by atoms with Crippen LogP contribution < -0.4 is 9.30 Å². The number of rotatable bonds is 3. The van der Waals surface area contributed by atoms with Crippen LogP contribution in [0, 0.1) is 0 Å². The third-order valence-electron chi connectivity index (χ3n) is 4.02. The Balaban J connectivity index is 1.90. The van der Waals surface area contributed by atoms with E-state index in [-0.39, 0.29) is 0 Å². The molecule has 1 fully saturated rings. The van der Waals surface area contributed by atoms with Crippen molar-refractivity contribution in [3.63, 3.8) is 0 Å². The number of aryl methyl sites for hydroxylation is 1. The van der Waals surface area contributed by atoms with E-state index in [0.717, 1.165) is 18.4 Å². The van der Waals surface area contributed by atoms with Crippen molar-refractivity contribution in [2.45, 2.75) is 32.2 Å². The van der Waals surface area contributed by atoms with E-state index in [0.29, 0.717) is 0 Å². The Kier molecular flexibility index (Phi) is 2.98. The van der Waals surface area contributed by atoms with Gasteiger partial charge in [-0.05, 0) is 26.2 Å². The van der Waals surface area contributed by atoms with Gasteiger partial charge in [-0.2, -0.15) is 0 Å². The first-order valence-electron chi connectivity index (χ1n) is 6.87. The normalized spacial score (nSPS) is 22.0. The first-order valence-corrected chi connectivity index (χ1v) is 6.87. The summed E-state index contributed by atoms with van der Waals surface area (Å²) in [6.07, 6.45) is 8.29. The molecule has 0 saturated carbocycles. The Morgan fingerprint density at radius 1 is 1.44 bits per heavy atom. The summed E-state index contributed by atoms with van der Waals surface area (Å²) in [6.45, 7) is 3.97. The Hall–Kier alpha value is -1.51. The quantitative estimate of drug-likeness (QED) is 0.758. The van der Waals surface area contributed by atoms with Gasteiger partial charge in [0.2, 0.25) is 5.69 Å². The number of fused-ring (bicyclic) bond motifs is 1. The lowest BCUT2D eigenvalue weighted by molar-refractivity contribution is -0.674. The largest absolute Gasteiger partial charge is 0.493 e. The molecule has 0 aliphatic carbocycles. The molecule has 3 nitrogen and oxygen atoms in total. The summed E-state index contributed by atoms with van der Waals surface area (Å²) in [5, 5.41) is 0. The van der Waals surface area contributed by atoms with Gasteiger partial charge in [0.25, 0.3) is 0 Å². The van der Waals surface area contributed by atoms with Crippen LogP contribution in [-0.4, -0.2) is 24.1 Å². The molecule has 1 saturated heterocycles. The van der Waals surface area contributed by atoms with E-state index in [1.165, 1.54) is 37.1 Å². The van der Waals surface area contributed by atoms with Crippen molar-refractivity contribution in [1.29, 1.82) is 0 Å². The maximum atomic E-state index is 5.60. The number of allylic oxidation sites excluding steroid dienone is 1. The standard InChI is InChI=1S/C15H21N2O/c1-3-18-14-7-8-16(2)15(10-14)12-4-5-13-6-9-17(13)11-12/h7-8,10-11,13H,3-6,9H2,1-2H3/q+1. The van der Waals surface area contributed by atoms with Gasteiger partial charge in [-0.1, -0.05) is 0 Å². The maximum absolute atomic E-state index is 5.60. The number of nitrogens with zero attached hydrogens (tertiary/aromatic N) is 2. The van der Waals surface area contributed by atoms with Crippen molar-refractivity contribution in [3.05, 3.63) is 30.2 Å². The van der Waals surface area contributed by atoms with Crippen LogP contribution in [-0.2, 0) is 7.05 Å². The molecule has 0 amide bonds. The molecule has 1 unspecified atom stereocenters. The summed E-state index contributed by atoms with van der Waals surface area (Å²) in [5.41, 5.74) is 2.72. The molecule has 3 heterocycles. The summed E-state index contributed by atoms with van der Waals surface area (Å²) < 4.78 is 7.79. The van der Waals surface area contributed by atoms with Crippen molar-refractivity contribution in [2.75, 3.05) is 13.2 Å². The molecule has 3 heteroatoms. The minimum absolute atomic E-state index is 0.723. The average Bonchev–Trinajstić information content (AvgIpc) is 2.34. The lowest BCUT2D eigenvalue weighted by Gasteiger charge is -2.43. The Morgan fingerprint density at radius 3 is 3.00 bits per heavy atom. The third kappa shape index (κ3) is 1.98. The second-order valence-corrected chi connectivity index (χ2v) is 5.16. The third-order valence-corrected chi connectivity index (χ3v) is 4.02. The topological polar surface area (TPSA) is 16.4 Å². The van der Waals surface area contributed by atoms with E-state index in [1.54, 1.807) is 0 Å². The van der Waals surface area contributed by atoms with Crippen LogP contribution in [0.1, 0.15) is 31.9 Å². The number of hydrogen-bond acceptors (Lipinski definition) is 2. The second kappa shape index (κ2) is 4.63. The van der Waals surface area contributed by atoms with Crippen molar-refractivity contribution in [1.82, 2.24) is 4.90 Å². The molecule has 2 aliphatic rings. The highest BCUT2D eigenvalue weighted by molar-refractivity contribution is 5.62. The fourth-order valence-electron chi connectivity index (χ4n) is 2.85. The van der Waals surface area contributed by atoms with Gasteiger partial charge >= 0.3 is 0 Å². The molecular formula is C15H21N2O+. The van der Waals surface area contributed by atoms with Crippen molar-refractivity contribution in [2.24, 2.45) is 7.05 Å². The van der Waals surface area contributed by atoms with Crippen molar-refractivity contribution >= 4 is 5.57 Å². The number of pyridine rings is 1. The Bertz CT molecular complexity index is 481. The first kappa shape index (κ1) is 11.6. The summed E-state index contributed by atoms with van der Waals surface area (Å²) >= 11 is 0. The summed E-state index contributed by atoms with van der Waals surface area (Å²) in [5.74, 6) is 0.970. The zero-order chi connectivity index (χ0) is 12.5. The van der Waals surface area contributed by atoms with E-state index in [2.05, 4.69) is 35.0 Å². The van der Waals surface area contributed by atoms with Gasteiger partial charge in [-0.15, -0.1) is 0 Å². The molecule has 1 aromatic heterocycles. The minimum atomic E-state index is 0.723. The lowest BCUT2D eigenvalue weighted by atomic mass is 9.90. The van der Waals surface area contributed by atoms with Crippen LogP contribution in [0.25, 0.3) is 5.57 Å². The van der Waals surface area contributed by atoms with Crippen LogP contribution in [0.3, 0.4) is 0 Å². The Morgan fingerprint density at radius 2 is 2.33 bits per heavy atom. The molecular weight excluding hydrogens is 224 g/mol. The fourth-order valence-corrected chi connectivity index (χ4v) is 2.85. The number of ether oxygens (including phenoxy) is 1. The van der Waals surface area contributed by atoms with Crippen LogP contribution >= 0.6 is 0 Å². The Labute approximate surface area is 109 Å². The lowest BCUT2D eigenvalue weighted by Crippen LogP contribution is -2.46. The van der Waals surface area contributed by atoms with Gasteiger partial charge in [0.1, 0.15) is 12.8 Å². The van der Waals surface area contributed by atoms with Gasteiger partial charge in [0.15, 0.2) is 6.20 Å². The highest BCUT2D eigenvalue weighted by atomic mass is 16.5.